The van der Waals surface area contributed by atoms with Crippen LogP contribution in [-0.2, 0) is 6.42 Å². The zero-order chi connectivity index (χ0) is 15.7. The van der Waals surface area contributed by atoms with Gasteiger partial charge in [-0.15, -0.1) is 0 Å². The molecular formula is C16H12Cl4O. The van der Waals surface area contributed by atoms with Crippen molar-refractivity contribution < 1.29 is 4.79 Å². The van der Waals surface area contributed by atoms with Crippen molar-refractivity contribution in [3.8, 4) is 0 Å². The first-order chi connectivity index (χ1) is 9.81. The summed E-state index contributed by atoms with van der Waals surface area (Å²) in [4.78, 5) is 12.5. The van der Waals surface area contributed by atoms with E-state index >= 15 is 0 Å². The van der Waals surface area contributed by atoms with Crippen molar-refractivity contribution in [3.05, 3.63) is 66.6 Å². The van der Waals surface area contributed by atoms with Gasteiger partial charge < -0.3 is 0 Å². The predicted octanol–water partition coefficient (Wildman–Crippen LogP) is 6.34. The Balaban J connectivity index is 2.42. The van der Waals surface area contributed by atoms with Crippen molar-refractivity contribution >= 4 is 52.2 Å². The molecule has 21 heavy (non-hydrogen) atoms. The standard InChI is InChI=1S/C16H12Cl4O/c1-8-3-4-9(2)10(5-8)6-13(21)14-11(17)7-12(18)15(19)16(14)20/h3-5,7H,6H2,1-2H3. The Labute approximate surface area is 143 Å². The van der Waals surface area contributed by atoms with Gasteiger partial charge in [0.15, 0.2) is 5.78 Å². The fraction of sp³-hybridized carbons (Fsp3) is 0.188. The number of benzene rings is 2. The maximum atomic E-state index is 12.5. The topological polar surface area (TPSA) is 17.1 Å². The van der Waals surface area contributed by atoms with E-state index in [1.165, 1.54) is 6.07 Å². The first-order valence-electron chi connectivity index (χ1n) is 6.23. The molecule has 2 aromatic rings. The highest BCUT2D eigenvalue weighted by molar-refractivity contribution is 6.51. The second-order valence-corrected chi connectivity index (χ2v) is 6.44. The van der Waals surface area contributed by atoms with Gasteiger partial charge >= 0.3 is 0 Å². The van der Waals surface area contributed by atoms with E-state index in [9.17, 15) is 4.79 Å². The quantitative estimate of drug-likeness (QED) is 0.354. The highest BCUT2D eigenvalue weighted by Gasteiger charge is 2.20. The number of rotatable bonds is 3. The summed E-state index contributed by atoms with van der Waals surface area (Å²) >= 11 is 24.1. The molecule has 0 N–H and O–H groups in total. The summed E-state index contributed by atoms with van der Waals surface area (Å²) in [6, 6.07) is 7.40. The van der Waals surface area contributed by atoms with E-state index in [1.807, 2.05) is 32.0 Å². The van der Waals surface area contributed by atoms with Crippen LogP contribution in [0.1, 0.15) is 27.0 Å². The highest BCUT2D eigenvalue weighted by atomic mass is 35.5. The molecule has 5 heteroatoms. The van der Waals surface area contributed by atoms with Crippen molar-refractivity contribution in [2.45, 2.75) is 20.3 Å². The van der Waals surface area contributed by atoms with Gasteiger partial charge in [-0.1, -0.05) is 70.2 Å². The van der Waals surface area contributed by atoms with Crippen molar-refractivity contribution in [2.24, 2.45) is 0 Å². The molecule has 1 nitrogen and oxygen atoms in total. The van der Waals surface area contributed by atoms with Crippen LogP contribution >= 0.6 is 46.4 Å². The fourth-order valence-electron chi connectivity index (χ4n) is 2.07. The predicted molar refractivity (Wildman–Crippen MR) is 90.4 cm³/mol. The Bertz CT molecular complexity index is 723. The maximum Gasteiger partial charge on any atom is 0.170 e. The van der Waals surface area contributed by atoms with Gasteiger partial charge in [0.2, 0.25) is 0 Å². The average molecular weight is 362 g/mol. The molecule has 0 aliphatic carbocycles. The van der Waals surface area contributed by atoms with E-state index in [4.69, 9.17) is 46.4 Å². The third kappa shape index (κ3) is 3.54. The van der Waals surface area contributed by atoms with Crippen LogP contribution in [0.5, 0.6) is 0 Å². The van der Waals surface area contributed by atoms with Crippen LogP contribution in [0.25, 0.3) is 0 Å². The van der Waals surface area contributed by atoms with Crippen LogP contribution in [0.15, 0.2) is 24.3 Å². The number of hydrogen-bond donors (Lipinski definition) is 0. The molecule has 0 radical (unpaired) electrons. The summed E-state index contributed by atoms with van der Waals surface area (Å²) in [6.07, 6.45) is 0.213. The highest BCUT2D eigenvalue weighted by Crippen LogP contribution is 2.38. The van der Waals surface area contributed by atoms with Crippen LogP contribution in [-0.4, -0.2) is 5.78 Å². The smallest absolute Gasteiger partial charge is 0.170 e. The Morgan fingerprint density at radius 3 is 2.29 bits per heavy atom. The van der Waals surface area contributed by atoms with Crippen molar-refractivity contribution in [3.63, 3.8) is 0 Å². The van der Waals surface area contributed by atoms with Gasteiger partial charge in [-0.25, -0.2) is 0 Å². The van der Waals surface area contributed by atoms with E-state index in [-0.39, 0.29) is 37.9 Å². The second kappa shape index (κ2) is 6.58. The van der Waals surface area contributed by atoms with E-state index in [2.05, 4.69) is 0 Å². The average Bonchev–Trinajstić information content (AvgIpc) is 2.40. The normalized spacial score (nSPS) is 10.8. The molecule has 0 amide bonds. The minimum Gasteiger partial charge on any atom is -0.294 e. The number of carbonyl (C=O) groups is 1. The van der Waals surface area contributed by atoms with E-state index in [1.54, 1.807) is 0 Å². The molecular weight excluding hydrogens is 350 g/mol. The van der Waals surface area contributed by atoms with Gasteiger partial charge in [-0.3, -0.25) is 4.79 Å². The minimum atomic E-state index is -0.183. The van der Waals surface area contributed by atoms with Gasteiger partial charge in [-0.05, 0) is 31.0 Å². The lowest BCUT2D eigenvalue weighted by atomic mass is 9.98. The minimum absolute atomic E-state index is 0.101. The lowest BCUT2D eigenvalue weighted by Crippen LogP contribution is -2.07. The maximum absolute atomic E-state index is 12.5. The lowest BCUT2D eigenvalue weighted by molar-refractivity contribution is 0.0993. The lowest BCUT2D eigenvalue weighted by Gasteiger charge is -2.11. The molecule has 0 atom stereocenters. The summed E-state index contributed by atoms with van der Waals surface area (Å²) in [5.41, 5.74) is 3.29. The summed E-state index contributed by atoms with van der Waals surface area (Å²) in [5, 5.41) is 0.691. The Morgan fingerprint density at radius 2 is 1.62 bits per heavy atom. The molecule has 0 heterocycles. The molecule has 0 unspecified atom stereocenters. The van der Waals surface area contributed by atoms with Crippen LogP contribution in [0.4, 0.5) is 0 Å². The monoisotopic (exact) mass is 360 g/mol. The fourth-order valence-corrected chi connectivity index (χ4v) is 3.20. The van der Waals surface area contributed by atoms with Crippen molar-refractivity contribution in [1.29, 1.82) is 0 Å². The molecule has 0 aromatic heterocycles. The van der Waals surface area contributed by atoms with Crippen LogP contribution < -0.4 is 0 Å². The van der Waals surface area contributed by atoms with E-state index in [0.29, 0.717) is 0 Å². The number of hydrogen-bond acceptors (Lipinski definition) is 1. The first-order valence-corrected chi connectivity index (χ1v) is 7.74. The molecule has 0 aliphatic heterocycles. The first kappa shape index (κ1) is 16.6. The Kier molecular flexibility index (Phi) is 5.21. The van der Waals surface area contributed by atoms with E-state index < -0.39 is 0 Å². The second-order valence-electron chi connectivity index (χ2n) is 4.87. The number of Topliss-reactive ketones (excluding diaryl/α,β-unsaturated/α-hetero) is 1. The SMILES string of the molecule is Cc1ccc(C)c(CC(=O)c2c(Cl)cc(Cl)c(Cl)c2Cl)c1. The number of aryl methyl sites for hydroxylation is 2. The zero-order valence-electron chi connectivity index (χ0n) is 11.4. The van der Waals surface area contributed by atoms with Gasteiger partial charge in [0.25, 0.3) is 0 Å². The van der Waals surface area contributed by atoms with E-state index in [0.717, 1.165) is 16.7 Å². The zero-order valence-corrected chi connectivity index (χ0v) is 14.5. The third-order valence-corrected chi connectivity index (χ3v) is 4.81. The number of halogens is 4. The summed E-state index contributed by atoms with van der Waals surface area (Å²) < 4.78 is 0. The molecule has 110 valence electrons. The van der Waals surface area contributed by atoms with Crippen molar-refractivity contribution in [2.75, 3.05) is 0 Å². The van der Waals surface area contributed by atoms with Crippen molar-refractivity contribution in [1.82, 2.24) is 0 Å². The van der Waals surface area contributed by atoms with Crippen LogP contribution in [0, 0.1) is 13.8 Å². The van der Waals surface area contributed by atoms with Gasteiger partial charge in [0.05, 0.1) is 25.7 Å². The largest absolute Gasteiger partial charge is 0.294 e. The number of carbonyl (C=O) groups excluding carboxylic acids is 1. The molecule has 0 aliphatic rings. The molecule has 2 rings (SSSR count). The third-order valence-electron chi connectivity index (χ3n) is 3.25. The molecule has 0 saturated heterocycles. The molecule has 0 saturated carbocycles. The summed E-state index contributed by atoms with van der Waals surface area (Å²) in [7, 11) is 0. The van der Waals surface area contributed by atoms with Gasteiger partial charge in [0.1, 0.15) is 0 Å². The van der Waals surface area contributed by atoms with Crippen LogP contribution in [0.3, 0.4) is 0 Å². The van der Waals surface area contributed by atoms with Crippen LogP contribution in [0.2, 0.25) is 20.1 Å². The van der Waals surface area contributed by atoms with Gasteiger partial charge in [-0.2, -0.15) is 0 Å². The molecule has 0 fully saturated rings. The summed E-state index contributed by atoms with van der Waals surface area (Å²) in [5.74, 6) is -0.183. The molecule has 2 aromatic carbocycles. The Morgan fingerprint density at radius 1 is 0.952 bits per heavy atom. The number of ketones is 1. The molecule has 0 spiro atoms. The molecule has 0 bridgehead atoms. The summed E-state index contributed by atoms with van der Waals surface area (Å²) in [6.45, 7) is 3.94. The van der Waals surface area contributed by atoms with Gasteiger partial charge in [0, 0.05) is 6.42 Å². The Hall–Kier alpha value is -0.730.